The molecule has 0 saturated carbocycles. The van der Waals surface area contributed by atoms with Crippen LogP contribution in [0.4, 0.5) is 5.95 Å². The highest BCUT2D eigenvalue weighted by molar-refractivity contribution is 8.00. The summed E-state index contributed by atoms with van der Waals surface area (Å²) < 4.78 is 0. The van der Waals surface area contributed by atoms with E-state index >= 15 is 0 Å². The molecule has 1 fully saturated rings. The van der Waals surface area contributed by atoms with Crippen LogP contribution in [0, 0.1) is 0 Å². The van der Waals surface area contributed by atoms with Gasteiger partial charge in [-0.3, -0.25) is 10.1 Å². The smallest absolute Gasteiger partial charge is 0.249 e. The molecule has 2 N–H and O–H groups in total. The summed E-state index contributed by atoms with van der Waals surface area (Å²) in [6.45, 7) is 2.09. The van der Waals surface area contributed by atoms with Crippen molar-refractivity contribution in [1.82, 2.24) is 20.5 Å². The Morgan fingerprint density at radius 3 is 3.00 bits per heavy atom. The van der Waals surface area contributed by atoms with Crippen molar-refractivity contribution in [3.05, 3.63) is 12.4 Å². The lowest BCUT2D eigenvalue weighted by molar-refractivity contribution is -0.113. The van der Waals surface area contributed by atoms with Gasteiger partial charge >= 0.3 is 0 Å². The zero-order valence-corrected chi connectivity index (χ0v) is 10.2. The second-order valence-electron chi connectivity index (χ2n) is 3.77. The third-order valence-electron chi connectivity index (χ3n) is 2.47. The van der Waals surface area contributed by atoms with Gasteiger partial charge in [0.15, 0.2) is 0 Å². The summed E-state index contributed by atoms with van der Waals surface area (Å²) in [5, 5.41) is 13.8. The van der Waals surface area contributed by atoms with Crippen LogP contribution in [0.2, 0.25) is 0 Å². The summed E-state index contributed by atoms with van der Waals surface area (Å²) in [5.41, 5.74) is 0. The van der Waals surface area contributed by atoms with Crippen LogP contribution in [0.5, 0.6) is 0 Å². The van der Waals surface area contributed by atoms with Gasteiger partial charge in [0.1, 0.15) is 0 Å². The molecule has 2 rings (SSSR count). The number of nitrogens with one attached hydrogen (secondary N) is 2. The second-order valence-corrected chi connectivity index (χ2v) is 5.06. The van der Waals surface area contributed by atoms with Crippen LogP contribution in [0.3, 0.4) is 0 Å². The largest absolute Gasteiger partial charge is 0.317 e. The fourth-order valence-corrected chi connectivity index (χ4v) is 2.65. The monoisotopic (exact) mass is 253 g/mol. The molecule has 0 spiro atoms. The van der Waals surface area contributed by atoms with E-state index in [-0.39, 0.29) is 11.9 Å². The van der Waals surface area contributed by atoms with Crippen molar-refractivity contribution in [1.29, 1.82) is 0 Å². The number of hydrogen-bond donors (Lipinski definition) is 2. The molecule has 2 heterocycles. The number of piperidine rings is 1. The van der Waals surface area contributed by atoms with Gasteiger partial charge in [-0.15, -0.1) is 16.9 Å². The Labute approximate surface area is 104 Å². The normalized spacial score (nSPS) is 16.7. The van der Waals surface area contributed by atoms with Crippen LogP contribution >= 0.6 is 11.8 Å². The van der Waals surface area contributed by atoms with E-state index in [1.807, 2.05) is 0 Å². The summed E-state index contributed by atoms with van der Waals surface area (Å²) in [6, 6.07) is 0. The van der Waals surface area contributed by atoms with Gasteiger partial charge in [0, 0.05) is 5.25 Å². The Bertz CT molecular complexity index is 355. The number of thioether (sulfide) groups is 1. The van der Waals surface area contributed by atoms with E-state index in [1.54, 1.807) is 11.8 Å². The first-order valence-corrected chi connectivity index (χ1v) is 6.65. The number of carbonyl (C=O) groups excluding carboxylic acids is 1. The van der Waals surface area contributed by atoms with Gasteiger partial charge in [-0.05, 0) is 25.9 Å². The molecule has 6 nitrogen and oxygen atoms in total. The number of aromatic nitrogens is 3. The molecule has 1 saturated heterocycles. The molecular weight excluding hydrogens is 238 g/mol. The Kier molecular flexibility index (Phi) is 4.69. The Balaban J connectivity index is 1.70. The standard InChI is InChI=1S/C10H15N5OS/c16-9(14-10-12-5-6-13-15-10)7-17-8-1-3-11-4-2-8/h5-6,8,11H,1-4,7H2,(H,12,14,15,16). The van der Waals surface area contributed by atoms with E-state index in [4.69, 9.17) is 0 Å². The molecule has 1 aliphatic rings. The van der Waals surface area contributed by atoms with Crippen LogP contribution in [0.25, 0.3) is 0 Å². The number of nitrogens with zero attached hydrogens (tertiary/aromatic N) is 3. The van der Waals surface area contributed by atoms with Crippen molar-refractivity contribution in [3.8, 4) is 0 Å². The number of carbonyl (C=O) groups is 1. The van der Waals surface area contributed by atoms with E-state index < -0.39 is 0 Å². The molecule has 0 aromatic carbocycles. The van der Waals surface area contributed by atoms with Crippen molar-refractivity contribution in [2.45, 2.75) is 18.1 Å². The number of hydrogen-bond acceptors (Lipinski definition) is 6. The summed E-state index contributed by atoms with van der Waals surface area (Å²) in [4.78, 5) is 15.5. The minimum atomic E-state index is -0.0680. The van der Waals surface area contributed by atoms with Gasteiger partial charge in [-0.25, -0.2) is 4.98 Å². The molecule has 1 aromatic heterocycles. The van der Waals surface area contributed by atoms with E-state index in [2.05, 4.69) is 25.8 Å². The Morgan fingerprint density at radius 1 is 1.47 bits per heavy atom. The third-order valence-corrected chi connectivity index (χ3v) is 3.84. The van der Waals surface area contributed by atoms with Crippen LogP contribution in [0.15, 0.2) is 12.4 Å². The summed E-state index contributed by atoms with van der Waals surface area (Å²) >= 11 is 1.70. The second kappa shape index (κ2) is 6.51. The molecular formula is C10H15N5OS. The van der Waals surface area contributed by atoms with Gasteiger partial charge in [0.05, 0.1) is 18.1 Å². The summed E-state index contributed by atoms with van der Waals surface area (Å²) in [5.74, 6) is 0.646. The van der Waals surface area contributed by atoms with Gasteiger partial charge in [0.25, 0.3) is 0 Å². The fourth-order valence-electron chi connectivity index (χ4n) is 1.62. The lowest BCUT2D eigenvalue weighted by Crippen LogP contribution is -2.30. The molecule has 0 aliphatic carbocycles. The van der Waals surface area contributed by atoms with Crippen LogP contribution in [0.1, 0.15) is 12.8 Å². The molecule has 7 heteroatoms. The number of rotatable bonds is 4. The SMILES string of the molecule is O=C(CSC1CCNCC1)Nc1nccnn1. The first-order chi connectivity index (χ1) is 8.34. The van der Waals surface area contributed by atoms with Crippen molar-refractivity contribution in [2.24, 2.45) is 0 Å². The lowest BCUT2D eigenvalue weighted by Gasteiger charge is -2.21. The van der Waals surface area contributed by atoms with Gasteiger partial charge < -0.3 is 5.32 Å². The van der Waals surface area contributed by atoms with Crippen molar-refractivity contribution in [2.75, 3.05) is 24.2 Å². The van der Waals surface area contributed by atoms with Crippen LogP contribution < -0.4 is 10.6 Å². The number of anilines is 1. The van der Waals surface area contributed by atoms with Crippen molar-refractivity contribution in [3.63, 3.8) is 0 Å². The van der Waals surface area contributed by atoms with E-state index in [9.17, 15) is 4.79 Å². The zero-order chi connectivity index (χ0) is 11.9. The Morgan fingerprint density at radius 2 is 2.29 bits per heavy atom. The minimum Gasteiger partial charge on any atom is -0.317 e. The molecule has 1 aromatic rings. The Hall–Kier alpha value is -1.21. The average Bonchev–Trinajstić information content (AvgIpc) is 2.39. The molecule has 17 heavy (non-hydrogen) atoms. The van der Waals surface area contributed by atoms with Crippen LogP contribution in [-0.4, -0.2) is 45.2 Å². The molecule has 1 aliphatic heterocycles. The minimum absolute atomic E-state index is 0.0680. The summed E-state index contributed by atoms with van der Waals surface area (Å²) in [7, 11) is 0. The fraction of sp³-hybridized carbons (Fsp3) is 0.600. The molecule has 1 amide bonds. The van der Waals surface area contributed by atoms with E-state index in [0.29, 0.717) is 11.0 Å². The molecule has 92 valence electrons. The van der Waals surface area contributed by atoms with Crippen molar-refractivity contribution < 1.29 is 4.79 Å². The molecule has 0 unspecified atom stereocenters. The maximum absolute atomic E-state index is 11.6. The predicted molar refractivity (Wildman–Crippen MR) is 66.8 cm³/mol. The van der Waals surface area contributed by atoms with Gasteiger partial charge in [-0.1, -0.05) is 0 Å². The lowest BCUT2D eigenvalue weighted by atomic mass is 10.2. The van der Waals surface area contributed by atoms with Crippen LogP contribution in [-0.2, 0) is 4.79 Å². The maximum atomic E-state index is 11.6. The van der Waals surface area contributed by atoms with Gasteiger partial charge in [-0.2, -0.15) is 5.10 Å². The molecule has 0 bridgehead atoms. The van der Waals surface area contributed by atoms with E-state index in [1.165, 1.54) is 12.4 Å². The van der Waals surface area contributed by atoms with E-state index in [0.717, 1.165) is 25.9 Å². The summed E-state index contributed by atoms with van der Waals surface area (Å²) in [6.07, 6.45) is 5.23. The highest BCUT2D eigenvalue weighted by Crippen LogP contribution is 2.19. The third kappa shape index (κ3) is 4.27. The predicted octanol–water partition coefficient (Wildman–Crippen LogP) is 0.295. The maximum Gasteiger partial charge on any atom is 0.249 e. The number of amides is 1. The first kappa shape index (κ1) is 12.3. The highest BCUT2D eigenvalue weighted by atomic mass is 32.2. The molecule has 0 atom stereocenters. The average molecular weight is 253 g/mol. The quantitative estimate of drug-likeness (QED) is 0.803. The highest BCUT2D eigenvalue weighted by Gasteiger charge is 2.15. The first-order valence-electron chi connectivity index (χ1n) is 5.60. The van der Waals surface area contributed by atoms with Gasteiger partial charge in [0.2, 0.25) is 11.9 Å². The zero-order valence-electron chi connectivity index (χ0n) is 9.43. The van der Waals surface area contributed by atoms with Crippen molar-refractivity contribution >= 4 is 23.6 Å². The topological polar surface area (TPSA) is 79.8 Å². The molecule has 0 radical (unpaired) electrons.